The zero-order valence-electron chi connectivity index (χ0n) is 13.2. The Balaban J connectivity index is -0.000000242. The third-order valence-electron chi connectivity index (χ3n) is 1.21. The lowest BCUT2D eigenvalue weighted by Gasteiger charge is -2.07. The average Bonchev–Trinajstić information content (AvgIpc) is 2.41. The fourth-order valence-corrected chi connectivity index (χ4v) is 0.771. The standard InChI is InChI=1S/C9H12O.2C3H6.C2H6O2/c1-8(2)10-9-6-4-3-5-7-9;2*1-3-2;3-1-2-4/h3-8H,1-2H3;2*3H,1H2,2H3;3-4H,1-2H2. The summed E-state index contributed by atoms with van der Waals surface area (Å²) >= 11 is 0. The number of aliphatic hydroxyl groups excluding tert-OH is 2. The number of ether oxygens (including phenoxy) is 1. The van der Waals surface area contributed by atoms with Crippen LogP contribution in [-0.4, -0.2) is 29.5 Å². The molecule has 3 heteroatoms. The first-order chi connectivity index (χ1) is 9.53. The van der Waals surface area contributed by atoms with Gasteiger partial charge >= 0.3 is 0 Å². The smallest absolute Gasteiger partial charge is 0.119 e. The molecule has 0 radical (unpaired) electrons. The molecule has 3 nitrogen and oxygen atoms in total. The van der Waals surface area contributed by atoms with Crippen molar-refractivity contribution in [3.63, 3.8) is 0 Å². The second-order valence-electron chi connectivity index (χ2n) is 3.74. The molecule has 1 aromatic rings. The van der Waals surface area contributed by atoms with Crippen LogP contribution >= 0.6 is 0 Å². The van der Waals surface area contributed by atoms with Gasteiger partial charge in [0.15, 0.2) is 0 Å². The molecule has 2 N–H and O–H groups in total. The van der Waals surface area contributed by atoms with Crippen LogP contribution in [0.2, 0.25) is 0 Å². The zero-order valence-corrected chi connectivity index (χ0v) is 13.2. The van der Waals surface area contributed by atoms with Gasteiger partial charge in [-0.3, -0.25) is 0 Å². The lowest BCUT2D eigenvalue weighted by atomic mass is 10.3. The molecule has 0 saturated carbocycles. The Morgan fingerprint density at radius 2 is 1.35 bits per heavy atom. The van der Waals surface area contributed by atoms with Gasteiger partial charge < -0.3 is 14.9 Å². The van der Waals surface area contributed by atoms with Crippen LogP contribution in [0.4, 0.5) is 0 Å². The maximum atomic E-state index is 7.62. The van der Waals surface area contributed by atoms with Gasteiger partial charge in [0.05, 0.1) is 19.3 Å². The number of benzene rings is 1. The van der Waals surface area contributed by atoms with Gasteiger partial charge in [0, 0.05) is 0 Å². The summed E-state index contributed by atoms with van der Waals surface area (Å²) in [6.07, 6.45) is 3.77. The molecule has 0 aromatic heterocycles. The van der Waals surface area contributed by atoms with E-state index in [1.807, 2.05) is 58.0 Å². The van der Waals surface area contributed by atoms with Gasteiger partial charge in [-0.1, -0.05) is 30.4 Å². The quantitative estimate of drug-likeness (QED) is 0.828. The molecule has 0 amide bonds. The van der Waals surface area contributed by atoms with Gasteiger partial charge in [-0.05, 0) is 39.8 Å². The summed E-state index contributed by atoms with van der Waals surface area (Å²) in [7, 11) is 0. The van der Waals surface area contributed by atoms with Gasteiger partial charge in [-0.15, -0.1) is 13.2 Å². The number of rotatable bonds is 3. The summed E-state index contributed by atoms with van der Waals surface area (Å²) in [6.45, 7) is 14.3. The van der Waals surface area contributed by atoms with Crippen molar-refractivity contribution >= 4 is 0 Å². The molecule has 0 saturated heterocycles. The van der Waals surface area contributed by atoms with Crippen LogP contribution in [0.1, 0.15) is 27.7 Å². The Labute approximate surface area is 124 Å². The normalized spacial score (nSPS) is 7.75. The van der Waals surface area contributed by atoms with E-state index in [9.17, 15) is 0 Å². The van der Waals surface area contributed by atoms with Gasteiger partial charge in [0.2, 0.25) is 0 Å². The number of hydrogen-bond acceptors (Lipinski definition) is 3. The molecule has 20 heavy (non-hydrogen) atoms. The number of allylic oxidation sites excluding steroid dienone is 2. The Kier molecular flexibility index (Phi) is 26.5. The van der Waals surface area contributed by atoms with Crippen LogP contribution < -0.4 is 4.74 Å². The second kappa shape index (κ2) is 22.6. The Morgan fingerprint density at radius 1 is 1.00 bits per heavy atom. The summed E-state index contributed by atoms with van der Waals surface area (Å²) in [5.41, 5.74) is 0. The highest BCUT2D eigenvalue weighted by Gasteiger charge is 1.92. The largest absolute Gasteiger partial charge is 0.491 e. The van der Waals surface area contributed by atoms with Crippen molar-refractivity contribution in [3.05, 3.63) is 55.6 Å². The van der Waals surface area contributed by atoms with Crippen LogP contribution in [0.15, 0.2) is 55.6 Å². The Morgan fingerprint density at radius 3 is 1.60 bits per heavy atom. The first-order valence-electron chi connectivity index (χ1n) is 6.61. The van der Waals surface area contributed by atoms with Crippen molar-refractivity contribution < 1.29 is 14.9 Å². The Hall–Kier alpha value is -1.58. The minimum absolute atomic E-state index is 0.125. The first-order valence-corrected chi connectivity index (χ1v) is 6.61. The highest BCUT2D eigenvalue weighted by Crippen LogP contribution is 2.09. The molecule has 0 aliphatic rings. The molecular formula is C17H30O3. The third kappa shape index (κ3) is 29.9. The molecule has 0 aliphatic heterocycles. The Bertz CT molecular complexity index is 274. The molecule has 0 heterocycles. The molecule has 116 valence electrons. The fraction of sp³-hybridized carbons (Fsp3) is 0.412. The molecule has 0 fully saturated rings. The molecule has 1 rings (SSSR count). The predicted molar refractivity (Wildman–Crippen MR) is 88.1 cm³/mol. The lowest BCUT2D eigenvalue weighted by Crippen LogP contribution is -2.04. The summed E-state index contributed by atoms with van der Waals surface area (Å²) in [5, 5.41) is 15.2. The number of aliphatic hydroxyl groups is 2. The van der Waals surface area contributed by atoms with Crippen LogP contribution in [0.5, 0.6) is 5.75 Å². The van der Waals surface area contributed by atoms with Crippen LogP contribution in [-0.2, 0) is 0 Å². The van der Waals surface area contributed by atoms with E-state index in [1.165, 1.54) is 0 Å². The molecule has 0 bridgehead atoms. The maximum Gasteiger partial charge on any atom is 0.119 e. The van der Waals surface area contributed by atoms with E-state index in [-0.39, 0.29) is 19.3 Å². The lowest BCUT2D eigenvalue weighted by molar-refractivity contribution is 0.186. The summed E-state index contributed by atoms with van der Waals surface area (Å²) in [4.78, 5) is 0. The van der Waals surface area contributed by atoms with Gasteiger partial charge in [-0.2, -0.15) is 0 Å². The minimum Gasteiger partial charge on any atom is -0.491 e. The van der Waals surface area contributed by atoms with Crippen molar-refractivity contribution in [1.29, 1.82) is 0 Å². The van der Waals surface area contributed by atoms with Crippen LogP contribution in [0, 0.1) is 0 Å². The predicted octanol–water partition coefficient (Wildman–Crippen LogP) is 3.83. The fourth-order valence-electron chi connectivity index (χ4n) is 0.771. The summed E-state index contributed by atoms with van der Waals surface area (Å²) < 4.78 is 5.41. The summed E-state index contributed by atoms with van der Waals surface area (Å²) in [6, 6.07) is 9.84. The molecule has 0 unspecified atom stereocenters. The van der Waals surface area contributed by atoms with E-state index in [4.69, 9.17) is 14.9 Å². The van der Waals surface area contributed by atoms with Crippen molar-refractivity contribution in [2.45, 2.75) is 33.8 Å². The molecule has 1 aromatic carbocycles. The van der Waals surface area contributed by atoms with E-state index in [1.54, 1.807) is 12.2 Å². The van der Waals surface area contributed by atoms with E-state index >= 15 is 0 Å². The number of hydrogen-bond donors (Lipinski definition) is 2. The summed E-state index contributed by atoms with van der Waals surface area (Å²) in [5.74, 6) is 0.942. The van der Waals surface area contributed by atoms with E-state index in [2.05, 4.69) is 13.2 Å². The van der Waals surface area contributed by atoms with Crippen molar-refractivity contribution in [2.24, 2.45) is 0 Å². The van der Waals surface area contributed by atoms with Crippen molar-refractivity contribution in [2.75, 3.05) is 13.2 Å². The van der Waals surface area contributed by atoms with Crippen molar-refractivity contribution in [3.8, 4) is 5.75 Å². The van der Waals surface area contributed by atoms with E-state index in [0.717, 1.165) is 5.75 Å². The minimum atomic E-state index is -0.125. The monoisotopic (exact) mass is 282 g/mol. The molecule has 0 atom stereocenters. The second-order valence-corrected chi connectivity index (χ2v) is 3.74. The molecule has 0 spiro atoms. The number of para-hydroxylation sites is 1. The van der Waals surface area contributed by atoms with Gasteiger partial charge in [0.1, 0.15) is 5.75 Å². The maximum absolute atomic E-state index is 7.62. The highest BCUT2D eigenvalue weighted by atomic mass is 16.5. The van der Waals surface area contributed by atoms with Gasteiger partial charge in [0.25, 0.3) is 0 Å². The highest BCUT2D eigenvalue weighted by molar-refractivity contribution is 5.20. The topological polar surface area (TPSA) is 49.7 Å². The average molecular weight is 282 g/mol. The molecular weight excluding hydrogens is 252 g/mol. The van der Waals surface area contributed by atoms with Crippen LogP contribution in [0.25, 0.3) is 0 Å². The zero-order chi connectivity index (χ0) is 16.2. The van der Waals surface area contributed by atoms with Gasteiger partial charge in [-0.25, -0.2) is 0 Å². The SMILES string of the molecule is C=CC.C=CC.CC(C)Oc1ccccc1.OCCO. The van der Waals surface area contributed by atoms with E-state index < -0.39 is 0 Å². The molecule has 0 aliphatic carbocycles. The van der Waals surface area contributed by atoms with E-state index in [0.29, 0.717) is 0 Å². The third-order valence-corrected chi connectivity index (χ3v) is 1.21. The van der Waals surface area contributed by atoms with Crippen molar-refractivity contribution in [1.82, 2.24) is 0 Å². The first kappa shape index (κ1) is 23.5. The van der Waals surface area contributed by atoms with Crippen LogP contribution in [0.3, 0.4) is 0 Å².